The van der Waals surface area contributed by atoms with Crippen LogP contribution in [0.4, 0.5) is 0 Å². The molecule has 0 radical (unpaired) electrons. The molecule has 0 spiro atoms. The molecule has 2 aliphatic rings. The van der Waals surface area contributed by atoms with E-state index in [1.54, 1.807) is 0 Å². The maximum Gasteiger partial charge on any atom is 0.305 e. The van der Waals surface area contributed by atoms with Gasteiger partial charge in [-0.2, -0.15) is 0 Å². The molecule has 2 saturated heterocycles. The molecule has 0 saturated carbocycles. The number of aliphatic hydroxyl groups excluding tert-OH is 1. The highest BCUT2D eigenvalue weighted by Crippen LogP contribution is 2.44. The maximum atomic E-state index is 11.4. The molecule has 4 atom stereocenters. The van der Waals surface area contributed by atoms with E-state index in [2.05, 4.69) is 12.1 Å². The summed E-state index contributed by atoms with van der Waals surface area (Å²) in [5, 5.41) is 9.67. The fourth-order valence-corrected chi connectivity index (χ4v) is 4.00. The van der Waals surface area contributed by atoms with Crippen molar-refractivity contribution in [2.24, 2.45) is 11.8 Å². The van der Waals surface area contributed by atoms with Gasteiger partial charge in [-0.1, -0.05) is 24.3 Å². The molecular weight excluding hydrogens is 280 g/mol. The number of fused-ring (bicyclic) bond motifs is 2. The van der Waals surface area contributed by atoms with Crippen molar-refractivity contribution in [2.45, 2.75) is 44.3 Å². The number of aliphatic hydroxyl groups is 1. The van der Waals surface area contributed by atoms with E-state index in [0.29, 0.717) is 18.8 Å². The zero-order valence-corrected chi connectivity index (χ0v) is 13.0. The first-order chi connectivity index (χ1) is 10.7. The third-order valence-electron chi connectivity index (χ3n) is 5.20. The molecule has 2 aliphatic heterocycles. The van der Waals surface area contributed by atoms with Crippen LogP contribution >= 0.6 is 0 Å². The lowest BCUT2D eigenvalue weighted by atomic mass is 9.76. The van der Waals surface area contributed by atoms with E-state index in [-0.39, 0.29) is 30.7 Å². The molecule has 120 valence electrons. The van der Waals surface area contributed by atoms with Crippen molar-refractivity contribution in [3.05, 3.63) is 35.4 Å². The van der Waals surface area contributed by atoms with Gasteiger partial charge < -0.3 is 14.6 Å². The summed E-state index contributed by atoms with van der Waals surface area (Å²) in [7, 11) is 1.42. The Balaban J connectivity index is 1.71. The summed E-state index contributed by atoms with van der Waals surface area (Å²) in [6, 6.07) is 8.27. The fourth-order valence-electron chi connectivity index (χ4n) is 4.00. The van der Waals surface area contributed by atoms with Crippen molar-refractivity contribution < 1.29 is 19.4 Å². The topological polar surface area (TPSA) is 55.8 Å². The molecule has 2 bridgehead atoms. The molecule has 3 rings (SSSR count). The van der Waals surface area contributed by atoms with E-state index in [1.165, 1.54) is 18.2 Å². The first-order valence-corrected chi connectivity index (χ1v) is 8.13. The van der Waals surface area contributed by atoms with Crippen molar-refractivity contribution in [3.63, 3.8) is 0 Å². The first-order valence-electron chi connectivity index (χ1n) is 8.13. The number of hydrogen-bond donors (Lipinski definition) is 1. The molecule has 22 heavy (non-hydrogen) atoms. The Bertz CT molecular complexity index is 528. The largest absolute Gasteiger partial charge is 0.469 e. The summed E-state index contributed by atoms with van der Waals surface area (Å²) in [4.78, 5) is 11.4. The number of carbonyl (C=O) groups excluding carboxylic acids is 1. The van der Waals surface area contributed by atoms with Crippen LogP contribution in [-0.2, 0) is 27.1 Å². The van der Waals surface area contributed by atoms with Gasteiger partial charge in [0.15, 0.2) is 0 Å². The van der Waals surface area contributed by atoms with Gasteiger partial charge in [0, 0.05) is 18.9 Å². The maximum absolute atomic E-state index is 11.4. The number of aryl methyl sites for hydroxylation is 1. The van der Waals surface area contributed by atoms with E-state index in [1.807, 2.05) is 12.1 Å². The lowest BCUT2D eigenvalue weighted by Crippen LogP contribution is -2.31. The van der Waals surface area contributed by atoms with Crippen molar-refractivity contribution in [3.8, 4) is 0 Å². The van der Waals surface area contributed by atoms with Crippen LogP contribution in [-0.4, -0.2) is 37.0 Å². The number of ether oxygens (including phenoxy) is 2. The predicted octanol–water partition coefficient (Wildman–Crippen LogP) is 2.12. The Morgan fingerprint density at radius 3 is 2.59 bits per heavy atom. The van der Waals surface area contributed by atoms with Crippen LogP contribution in [0.5, 0.6) is 0 Å². The van der Waals surface area contributed by atoms with Gasteiger partial charge in [-0.25, -0.2) is 0 Å². The Morgan fingerprint density at radius 2 is 1.91 bits per heavy atom. The van der Waals surface area contributed by atoms with Gasteiger partial charge in [-0.3, -0.25) is 4.79 Å². The second-order valence-corrected chi connectivity index (χ2v) is 6.35. The van der Waals surface area contributed by atoms with Crippen LogP contribution in [0.15, 0.2) is 24.3 Å². The van der Waals surface area contributed by atoms with Gasteiger partial charge in [-0.05, 0) is 42.7 Å². The number of methoxy groups -OCH3 is 1. The molecule has 0 aliphatic carbocycles. The molecule has 1 aromatic carbocycles. The average Bonchev–Trinajstić information content (AvgIpc) is 3.14. The van der Waals surface area contributed by atoms with Gasteiger partial charge in [-0.15, -0.1) is 0 Å². The molecule has 0 amide bonds. The third kappa shape index (κ3) is 3.03. The minimum Gasteiger partial charge on any atom is -0.469 e. The zero-order chi connectivity index (χ0) is 15.5. The number of esters is 1. The van der Waals surface area contributed by atoms with E-state index >= 15 is 0 Å². The lowest BCUT2D eigenvalue weighted by Gasteiger charge is -2.27. The van der Waals surface area contributed by atoms with Gasteiger partial charge in [0.25, 0.3) is 0 Å². The number of rotatable bonds is 6. The van der Waals surface area contributed by atoms with Crippen LogP contribution in [0.3, 0.4) is 0 Å². The van der Waals surface area contributed by atoms with E-state index in [9.17, 15) is 9.90 Å². The van der Waals surface area contributed by atoms with Gasteiger partial charge in [0.05, 0.1) is 19.3 Å². The highest BCUT2D eigenvalue weighted by Gasteiger charge is 2.48. The molecule has 1 aromatic rings. The molecule has 0 unspecified atom stereocenters. The standard InChI is InChI=1S/C18H24O4/c1-21-18(20)9-6-12-4-2-3-5-13(12)10-14-15(11-19)17-8-7-16(14)22-17/h2-5,14-17,19H,6-11H2,1H3/t14-,15+,16+,17-/m1/s1. The molecule has 0 aromatic heterocycles. The summed E-state index contributed by atoms with van der Waals surface area (Å²) >= 11 is 0. The summed E-state index contributed by atoms with van der Waals surface area (Å²) in [5.41, 5.74) is 2.47. The van der Waals surface area contributed by atoms with Crippen LogP contribution in [0.25, 0.3) is 0 Å². The predicted molar refractivity (Wildman–Crippen MR) is 82.4 cm³/mol. The summed E-state index contributed by atoms with van der Waals surface area (Å²) < 4.78 is 10.7. The van der Waals surface area contributed by atoms with Crippen molar-refractivity contribution in [2.75, 3.05) is 13.7 Å². The van der Waals surface area contributed by atoms with Gasteiger partial charge in [0.2, 0.25) is 0 Å². The van der Waals surface area contributed by atoms with E-state index in [0.717, 1.165) is 19.3 Å². The number of hydrogen-bond acceptors (Lipinski definition) is 4. The molecular formula is C18H24O4. The minimum absolute atomic E-state index is 0.175. The monoisotopic (exact) mass is 304 g/mol. The highest BCUT2D eigenvalue weighted by molar-refractivity contribution is 5.69. The Labute approximate surface area is 131 Å². The summed E-state index contributed by atoms with van der Waals surface area (Å²) in [5.74, 6) is 0.474. The minimum atomic E-state index is -0.175. The lowest BCUT2D eigenvalue weighted by molar-refractivity contribution is -0.140. The SMILES string of the molecule is COC(=O)CCc1ccccc1C[C@@H]1[C@H](CO)[C@H]2CC[C@@H]1O2. The Hall–Kier alpha value is -1.39. The second-order valence-electron chi connectivity index (χ2n) is 6.35. The first kappa shape index (κ1) is 15.5. The molecule has 2 heterocycles. The number of benzene rings is 1. The van der Waals surface area contributed by atoms with Gasteiger partial charge in [0.1, 0.15) is 0 Å². The van der Waals surface area contributed by atoms with Crippen LogP contribution in [0.1, 0.15) is 30.4 Å². The summed E-state index contributed by atoms with van der Waals surface area (Å²) in [6.07, 6.45) is 4.74. The normalized spacial score (nSPS) is 29.7. The van der Waals surface area contributed by atoms with E-state index < -0.39 is 0 Å². The van der Waals surface area contributed by atoms with Crippen LogP contribution < -0.4 is 0 Å². The average molecular weight is 304 g/mol. The third-order valence-corrected chi connectivity index (χ3v) is 5.20. The Kier molecular flexibility index (Phi) is 4.79. The Morgan fingerprint density at radius 1 is 1.23 bits per heavy atom. The number of carbonyl (C=O) groups is 1. The van der Waals surface area contributed by atoms with Crippen molar-refractivity contribution in [1.29, 1.82) is 0 Å². The summed E-state index contributed by atoms with van der Waals surface area (Å²) in [6.45, 7) is 0.205. The van der Waals surface area contributed by atoms with Crippen LogP contribution in [0.2, 0.25) is 0 Å². The van der Waals surface area contributed by atoms with Gasteiger partial charge >= 0.3 is 5.97 Å². The zero-order valence-electron chi connectivity index (χ0n) is 13.0. The molecule has 4 heteroatoms. The molecule has 4 nitrogen and oxygen atoms in total. The smallest absolute Gasteiger partial charge is 0.305 e. The molecule has 2 fully saturated rings. The quantitative estimate of drug-likeness (QED) is 0.818. The second kappa shape index (κ2) is 6.80. The van der Waals surface area contributed by atoms with Crippen molar-refractivity contribution >= 4 is 5.97 Å². The van der Waals surface area contributed by atoms with Crippen LogP contribution in [0, 0.1) is 11.8 Å². The highest BCUT2D eigenvalue weighted by atomic mass is 16.5. The molecule has 1 N–H and O–H groups in total. The fraction of sp³-hybridized carbons (Fsp3) is 0.611. The van der Waals surface area contributed by atoms with Crippen molar-refractivity contribution in [1.82, 2.24) is 0 Å². The van der Waals surface area contributed by atoms with E-state index in [4.69, 9.17) is 9.47 Å².